The van der Waals surface area contributed by atoms with Crippen molar-refractivity contribution in [3.05, 3.63) is 48.3 Å². The largest absolute Gasteiger partial charge is 0.250 e. The summed E-state index contributed by atoms with van der Waals surface area (Å²) in [4.78, 5) is 8.48. The van der Waals surface area contributed by atoms with Crippen molar-refractivity contribution in [3.63, 3.8) is 0 Å². The lowest BCUT2D eigenvalue weighted by atomic mass is 10.3. The van der Waals surface area contributed by atoms with Crippen molar-refractivity contribution >= 4 is 11.8 Å². The fourth-order valence-electron chi connectivity index (χ4n) is 1.08. The number of rotatable bonds is 2. The zero-order valence-electron chi connectivity index (χ0n) is 7.84. The maximum atomic E-state index is 4.26. The molecule has 14 heavy (non-hydrogen) atoms. The number of aryl methyl sites for hydroxylation is 1. The van der Waals surface area contributed by atoms with Crippen LogP contribution in [0.5, 0.6) is 0 Å². The van der Waals surface area contributed by atoms with Gasteiger partial charge in [-0.15, -0.1) is 0 Å². The predicted octanol–water partition coefficient (Wildman–Crippen LogP) is 2.94. The summed E-state index contributed by atoms with van der Waals surface area (Å²) < 4.78 is 0. The van der Waals surface area contributed by atoms with Crippen LogP contribution in [-0.2, 0) is 0 Å². The monoisotopic (exact) mass is 202 g/mol. The van der Waals surface area contributed by atoms with Gasteiger partial charge in [-0.1, -0.05) is 17.8 Å². The third-order valence-electron chi connectivity index (χ3n) is 1.74. The fourth-order valence-corrected chi connectivity index (χ4v) is 1.91. The van der Waals surface area contributed by atoms with E-state index in [-0.39, 0.29) is 0 Å². The summed E-state index contributed by atoms with van der Waals surface area (Å²) in [6, 6.07) is 9.91. The smallest absolute Gasteiger partial charge is 0.102 e. The lowest BCUT2D eigenvalue weighted by molar-refractivity contribution is 1.08. The third-order valence-corrected chi connectivity index (χ3v) is 2.62. The van der Waals surface area contributed by atoms with E-state index in [2.05, 4.69) is 23.0 Å². The van der Waals surface area contributed by atoms with E-state index >= 15 is 0 Å². The van der Waals surface area contributed by atoms with E-state index < -0.39 is 0 Å². The van der Waals surface area contributed by atoms with Gasteiger partial charge in [0.05, 0.1) is 0 Å². The van der Waals surface area contributed by atoms with Crippen LogP contribution in [-0.4, -0.2) is 9.97 Å². The minimum absolute atomic E-state index is 0.977. The molecule has 2 heterocycles. The molecule has 0 fully saturated rings. The van der Waals surface area contributed by atoms with Gasteiger partial charge in [0.15, 0.2) is 0 Å². The summed E-state index contributed by atoms with van der Waals surface area (Å²) in [6.07, 6.45) is 3.61. The van der Waals surface area contributed by atoms with Crippen LogP contribution in [0.15, 0.2) is 52.8 Å². The zero-order valence-corrected chi connectivity index (χ0v) is 8.66. The van der Waals surface area contributed by atoms with Gasteiger partial charge in [0.25, 0.3) is 0 Å². The average Bonchev–Trinajstić information content (AvgIpc) is 2.19. The standard InChI is InChI=1S/C11H10N2S/c1-9-5-7-13-11(8-9)14-10-4-2-3-6-12-10/h2-8H,1H3. The van der Waals surface area contributed by atoms with Crippen molar-refractivity contribution in [1.29, 1.82) is 0 Å². The first kappa shape index (κ1) is 9.21. The van der Waals surface area contributed by atoms with Crippen LogP contribution in [0, 0.1) is 6.92 Å². The molecule has 2 rings (SSSR count). The quantitative estimate of drug-likeness (QED) is 0.748. The Morgan fingerprint density at radius 1 is 1.00 bits per heavy atom. The molecule has 0 N–H and O–H groups in total. The van der Waals surface area contributed by atoms with Gasteiger partial charge in [0.2, 0.25) is 0 Å². The van der Waals surface area contributed by atoms with E-state index in [0.717, 1.165) is 10.1 Å². The molecule has 3 heteroatoms. The molecule has 0 atom stereocenters. The molecular formula is C11H10N2S. The second-order valence-corrected chi connectivity index (χ2v) is 3.98. The van der Waals surface area contributed by atoms with Crippen LogP contribution in [0.4, 0.5) is 0 Å². The van der Waals surface area contributed by atoms with Crippen molar-refractivity contribution in [1.82, 2.24) is 9.97 Å². The zero-order chi connectivity index (χ0) is 9.80. The molecule has 0 unspecified atom stereocenters. The maximum Gasteiger partial charge on any atom is 0.102 e. The Morgan fingerprint density at radius 2 is 1.86 bits per heavy atom. The van der Waals surface area contributed by atoms with E-state index in [4.69, 9.17) is 0 Å². The highest BCUT2D eigenvalue weighted by Gasteiger charge is 1.98. The number of aromatic nitrogens is 2. The van der Waals surface area contributed by atoms with Crippen molar-refractivity contribution in [2.45, 2.75) is 17.0 Å². The van der Waals surface area contributed by atoms with Crippen LogP contribution in [0.3, 0.4) is 0 Å². The third kappa shape index (κ3) is 2.33. The normalized spacial score (nSPS) is 10.1. The highest BCUT2D eigenvalue weighted by molar-refractivity contribution is 7.99. The number of hydrogen-bond donors (Lipinski definition) is 0. The van der Waals surface area contributed by atoms with Crippen molar-refractivity contribution in [3.8, 4) is 0 Å². The van der Waals surface area contributed by atoms with Gasteiger partial charge in [-0.3, -0.25) is 0 Å². The Balaban J connectivity index is 2.19. The molecule has 0 saturated heterocycles. The highest BCUT2D eigenvalue weighted by atomic mass is 32.2. The topological polar surface area (TPSA) is 25.8 Å². The summed E-state index contributed by atoms with van der Waals surface area (Å²) in [5, 5.41) is 1.97. The van der Waals surface area contributed by atoms with Crippen LogP contribution >= 0.6 is 11.8 Å². The summed E-state index contributed by atoms with van der Waals surface area (Å²) in [5.41, 5.74) is 1.22. The highest BCUT2D eigenvalue weighted by Crippen LogP contribution is 2.23. The second kappa shape index (κ2) is 4.24. The Morgan fingerprint density at radius 3 is 2.57 bits per heavy atom. The number of nitrogens with zero attached hydrogens (tertiary/aromatic N) is 2. The average molecular weight is 202 g/mol. The molecule has 0 saturated carbocycles. The maximum absolute atomic E-state index is 4.26. The minimum atomic E-state index is 0.977. The van der Waals surface area contributed by atoms with Crippen LogP contribution < -0.4 is 0 Å². The fraction of sp³-hybridized carbons (Fsp3) is 0.0909. The minimum Gasteiger partial charge on any atom is -0.250 e. The van der Waals surface area contributed by atoms with Gasteiger partial charge in [-0.2, -0.15) is 0 Å². The lowest BCUT2D eigenvalue weighted by Gasteiger charge is -1.99. The summed E-state index contributed by atoms with van der Waals surface area (Å²) >= 11 is 1.58. The molecule has 0 spiro atoms. The number of pyridine rings is 2. The molecular weight excluding hydrogens is 192 g/mol. The summed E-state index contributed by atoms with van der Waals surface area (Å²) in [5.74, 6) is 0. The Kier molecular flexibility index (Phi) is 2.79. The van der Waals surface area contributed by atoms with Crippen LogP contribution in [0.1, 0.15) is 5.56 Å². The molecule has 0 aliphatic carbocycles. The Hall–Kier alpha value is -1.35. The first-order valence-corrected chi connectivity index (χ1v) is 5.18. The molecule has 2 nitrogen and oxygen atoms in total. The van der Waals surface area contributed by atoms with Gasteiger partial charge in [-0.25, -0.2) is 9.97 Å². The van der Waals surface area contributed by atoms with Gasteiger partial charge in [0, 0.05) is 12.4 Å². The molecule has 2 aromatic heterocycles. The Bertz CT molecular complexity index is 415. The molecule has 2 aromatic rings. The molecule has 0 amide bonds. The predicted molar refractivity (Wildman–Crippen MR) is 57.3 cm³/mol. The summed E-state index contributed by atoms with van der Waals surface area (Å²) in [7, 11) is 0. The van der Waals surface area contributed by atoms with E-state index in [0.29, 0.717) is 0 Å². The lowest BCUT2D eigenvalue weighted by Crippen LogP contribution is -1.82. The Labute approximate surface area is 87.4 Å². The SMILES string of the molecule is Cc1ccnc(Sc2ccccn2)c1. The molecule has 0 aromatic carbocycles. The van der Waals surface area contributed by atoms with E-state index in [1.807, 2.05) is 30.5 Å². The van der Waals surface area contributed by atoms with Crippen LogP contribution in [0.2, 0.25) is 0 Å². The first-order chi connectivity index (χ1) is 6.84. The van der Waals surface area contributed by atoms with Crippen LogP contribution in [0.25, 0.3) is 0 Å². The number of hydrogen-bond acceptors (Lipinski definition) is 3. The van der Waals surface area contributed by atoms with Crippen molar-refractivity contribution in [2.75, 3.05) is 0 Å². The molecule has 0 radical (unpaired) electrons. The first-order valence-electron chi connectivity index (χ1n) is 4.36. The van der Waals surface area contributed by atoms with Gasteiger partial charge in [0.1, 0.15) is 10.1 Å². The van der Waals surface area contributed by atoms with Gasteiger partial charge >= 0.3 is 0 Å². The van der Waals surface area contributed by atoms with Crippen molar-refractivity contribution in [2.24, 2.45) is 0 Å². The summed E-state index contributed by atoms with van der Waals surface area (Å²) in [6.45, 7) is 2.06. The van der Waals surface area contributed by atoms with E-state index in [9.17, 15) is 0 Å². The molecule has 70 valence electrons. The second-order valence-electron chi connectivity index (χ2n) is 2.94. The van der Waals surface area contributed by atoms with E-state index in [1.165, 1.54) is 5.56 Å². The van der Waals surface area contributed by atoms with Gasteiger partial charge in [-0.05, 0) is 36.8 Å². The molecule has 0 aliphatic rings. The molecule has 0 aliphatic heterocycles. The molecule has 0 bridgehead atoms. The van der Waals surface area contributed by atoms with Gasteiger partial charge < -0.3 is 0 Å². The van der Waals surface area contributed by atoms with E-state index in [1.54, 1.807) is 18.0 Å². The van der Waals surface area contributed by atoms with Crippen molar-refractivity contribution < 1.29 is 0 Å².